The van der Waals surface area contributed by atoms with Gasteiger partial charge in [-0.2, -0.15) is 0 Å². The molecular weight excluding hydrogens is 243 g/mol. The molecule has 1 rings (SSSR count). The van der Waals surface area contributed by atoms with Gasteiger partial charge < -0.3 is 4.55 Å². The van der Waals surface area contributed by atoms with Crippen LogP contribution in [0, 0.1) is 0 Å². The van der Waals surface area contributed by atoms with Crippen LogP contribution in [0.4, 0.5) is 18.9 Å². The number of Topliss-reactive ketones (excluding diaryl/α,β-unsaturated/α-hetero) is 1. The summed E-state index contributed by atoms with van der Waals surface area (Å²) < 4.78 is 48.4. The largest absolute Gasteiger partial charge is 0.598 e. The Kier molecular flexibility index (Phi) is 3.82. The van der Waals surface area contributed by atoms with Gasteiger partial charge in [0.25, 0.3) is 0 Å². The number of anilines is 1. The maximum atomic E-state index is 12.0. The molecule has 16 heavy (non-hydrogen) atoms. The first-order valence-corrected chi connectivity index (χ1v) is 5.32. The topological polar surface area (TPSA) is 52.2 Å². The summed E-state index contributed by atoms with van der Waals surface area (Å²) in [6.07, 6.45) is 0. The lowest BCUT2D eigenvalue weighted by Gasteiger charge is -2.13. The molecule has 0 aliphatic carbocycles. The highest BCUT2D eigenvalue weighted by atomic mass is 32.2. The number of hydrogen-bond donors (Lipinski definition) is 1. The van der Waals surface area contributed by atoms with E-state index in [4.69, 9.17) is 0 Å². The van der Waals surface area contributed by atoms with Crippen molar-refractivity contribution in [2.24, 2.45) is 0 Å². The number of alkyl halides is 3. The second-order valence-corrected chi connectivity index (χ2v) is 4.16. The average Bonchev–Trinajstić information content (AvgIpc) is 2.16. The maximum absolute atomic E-state index is 12.0. The minimum atomic E-state index is -4.83. The van der Waals surface area contributed by atoms with Gasteiger partial charge in [0.1, 0.15) is 0 Å². The Hall–Kier alpha value is -1.21. The van der Waals surface area contributed by atoms with Gasteiger partial charge in [0.15, 0.2) is 17.1 Å². The molecule has 0 spiro atoms. The molecule has 0 aliphatic rings. The van der Waals surface area contributed by atoms with E-state index in [-0.39, 0.29) is 17.0 Å². The Bertz CT molecular complexity index is 395. The molecule has 0 saturated carbocycles. The van der Waals surface area contributed by atoms with E-state index in [1.54, 1.807) is 4.72 Å². The van der Waals surface area contributed by atoms with Crippen molar-refractivity contribution < 1.29 is 22.5 Å². The van der Waals surface area contributed by atoms with Gasteiger partial charge in [-0.15, -0.1) is 13.2 Å². The van der Waals surface area contributed by atoms with E-state index < -0.39 is 16.9 Å². The van der Waals surface area contributed by atoms with Crippen LogP contribution in [0.1, 0.15) is 17.3 Å². The first-order chi connectivity index (χ1) is 7.30. The third kappa shape index (κ3) is 3.42. The number of rotatable bonds is 3. The van der Waals surface area contributed by atoms with Crippen LogP contribution in [-0.2, 0) is 11.4 Å². The molecule has 0 radical (unpaired) electrons. The molecule has 88 valence electrons. The van der Waals surface area contributed by atoms with Crippen LogP contribution < -0.4 is 4.72 Å². The molecule has 0 aromatic heterocycles. The van der Waals surface area contributed by atoms with Crippen molar-refractivity contribution in [3.05, 3.63) is 29.8 Å². The van der Waals surface area contributed by atoms with Crippen molar-refractivity contribution in [1.29, 1.82) is 0 Å². The highest BCUT2D eigenvalue weighted by molar-refractivity contribution is 7.93. The molecule has 1 unspecified atom stereocenters. The van der Waals surface area contributed by atoms with E-state index in [0.29, 0.717) is 0 Å². The molecule has 0 bridgehead atoms. The molecule has 3 nitrogen and oxygen atoms in total. The van der Waals surface area contributed by atoms with Gasteiger partial charge in [0, 0.05) is 5.56 Å². The highest BCUT2D eigenvalue weighted by Gasteiger charge is 2.45. The third-order valence-corrected chi connectivity index (χ3v) is 2.53. The minimum absolute atomic E-state index is 0.0108. The third-order valence-electron chi connectivity index (χ3n) is 1.69. The number of benzene rings is 1. The van der Waals surface area contributed by atoms with Crippen LogP contribution in [-0.4, -0.2) is 15.8 Å². The van der Waals surface area contributed by atoms with Crippen molar-refractivity contribution in [3.63, 3.8) is 0 Å². The van der Waals surface area contributed by atoms with Crippen LogP contribution in [0.5, 0.6) is 0 Å². The molecule has 0 amide bonds. The van der Waals surface area contributed by atoms with E-state index in [1.165, 1.54) is 31.2 Å². The van der Waals surface area contributed by atoms with Crippen molar-refractivity contribution in [3.8, 4) is 0 Å². The summed E-state index contributed by atoms with van der Waals surface area (Å²) in [4.78, 5) is 11.0. The predicted molar refractivity (Wildman–Crippen MR) is 54.3 cm³/mol. The van der Waals surface area contributed by atoms with Gasteiger partial charge in [-0.25, -0.2) is 4.72 Å². The number of nitrogens with one attached hydrogen (secondary N) is 1. The SMILES string of the molecule is CC(=O)c1cccc(N[S+]([O-])C(F)(F)F)c1. The van der Waals surface area contributed by atoms with E-state index in [9.17, 15) is 22.5 Å². The molecule has 0 aliphatic heterocycles. The van der Waals surface area contributed by atoms with Crippen molar-refractivity contribution >= 4 is 22.8 Å². The standard InChI is InChI=1S/C9H8F3NO2S/c1-6(14)7-3-2-4-8(5-7)13-16(15)9(10,11)12/h2-5,13H,1H3. The van der Waals surface area contributed by atoms with E-state index in [0.717, 1.165) is 0 Å². The average molecular weight is 251 g/mol. The zero-order valence-corrected chi connectivity index (χ0v) is 8.98. The summed E-state index contributed by atoms with van der Waals surface area (Å²) in [6.45, 7) is 1.29. The van der Waals surface area contributed by atoms with Crippen LogP contribution in [0.3, 0.4) is 0 Å². The quantitative estimate of drug-likeness (QED) is 0.663. The van der Waals surface area contributed by atoms with Gasteiger partial charge >= 0.3 is 5.51 Å². The first-order valence-electron chi connectivity index (χ1n) is 4.17. The second kappa shape index (κ2) is 4.75. The second-order valence-electron chi connectivity index (χ2n) is 2.95. The Balaban J connectivity index is 2.82. The molecule has 1 aromatic rings. The summed E-state index contributed by atoms with van der Waals surface area (Å²) >= 11 is -3.17. The van der Waals surface area contributed by atoms with Crippen molar-refractivity contribution in [2.45, 2.75) is 12.4 Å². The van der Waals surface area contributed by atoms with Crippen LogP contribution in [0.25, 0.3) is 0 Å². The fraction of sp³-hybridized carbons (Fsp3) is 0.222. The predicted octanol–water partition coefficient (Wildman–Crippen LogP) is 2.48. The van der Waals surface area contributed by atoms with E-state index >= 15 is 0 Å². The minimum Gasteiger partial charge on any atom is -0.586 e. The molecule has 0 fully saturated rings. The Labute approximate surface area is 93.0 Å². The van der Waals surface area contributed by atoms with Gasteiger partial charge in [-0.3, -0.25) is 4.79 Å². The van der Waals surface area contributed by atoms with E-state index in [2.05, 4.69) is 0 Å². The Morgan fingerprint density at radius 3 is 2.56 bits per heavy atom. The van der Waals surface area contributed by atoms with Gasteiger partial charge in [0.2, 0.25) is 0 Å². The van der Waals surface area contributed by atoms with Crippen LogP contribution in [0.15, 0.2) is 24.3 Å². The number of carbonyl (C=O) groups is 1. The smallest absolute Gasteiger partial charge is 0.586 e. The van der Waals surface area contributed by atoms with Gasteiger partial charge in [0.05, 0.1) is 5.69 Å². The molecule has 7 heteroatoms. The van der Waals surface area contributed by atoms with Gasteiger partial charge in [-0.1, -0.05) is 12.1 Å². The lowest BCUT2D eigenvalue weighted by atomic mass is 10.1. The summed E-state index contributed by atoms with van der Waals surface area (Å²) in [6, 6.07) is 5.39. The normalized spacial score (nSPS) is 13.3. The summed E-state index contributed by atoms with van der Waals surface area (Å²) in [7, 11) is 0. The molecule has 1 aromatic carbocycles. The van der Waals surface area contributed by atoms with Gasteiger partial charge in [-0.05, 0) is 19.1 Å². The fourth-order valence-electron chi connectivity index (χ4n) is 0.967. The summed E-state index contributed by atoms with van der Waals surface area (Å²) in [5, 5.41) is 0. The Morgan fingerprint density at radius 2 is 2.06 bits per heavy atom. The van der Waals surface area contributed by atoms with Crippen molar-refractivity contribution in [2.75, 3.05) is 4.72 Å². The summed E-state index contributed by atoms with van der Waals surface area (Å²) in [5.41, 5.74) is -4.58. The Morgan fingerprint density at radius 1 is 1.44 bits per heavy atom. The lowest BCUT2D eigenvalue weighted by Crippen LogP contribution is -2.29. The first kappa shape index (κ1) is 12.9. The number of carbonyl (C=O) groups excluding carboxylic acids is 1. The molecule has 1 atom stereocenters. The molecule has 1 N–H and O–H groups in total. The zero-order chi connectivity index (χ0) is 12.3. The highest BCUT2D eigenvalue weighted by Crippen LogP contribution is 2.25. The van der Waals surface area contributed by atoms with E-state index in [1.807, 2.05) is 0 Å². The summed E-state index contributed by atoms with van der Waals surface area (Å²) in [5.74, 6) is -0.276. The fourth-order valence-corrected chi connectivity index (χ4v) is 1.42. The number of halogens is 3. The van der Waals surface area contributed by atoms with Crippen molar-refractivity contribution in [1.82, 2.24) is 0 Å². The molecular formula is C9H8F3NO2S. The zero-order valence-electron chi connectivity index (χ0n) is 8.17. The molecule has 0 saturated heterocycles. The number of ketones is 1. The molecule has 0 heterocycles. The van der Waals surface area contributed by atoms with Crippen LogP contribution >= 0.6 is 0 Å². The van der Waals surface area contributed by atoms with Crippen LogP contribution in [0.2, 0.25) is 0 Å². The lowest BCUT2D eigenvalue weighted by molar-refractivity contribution is -0.0428. The monoisotopic (exact) mass is 251 g/mol. The maximum Gasteiger partial charge on any atom is 0.598 e. The number of hydrogen-bond acceptors (Lipinski definition) is 3.